The van der Waals surface area contributed by atoms with Crippen molar-refractivity contribution in [2.45, 2.75) is 31.6 Å². The van der Waals surface area contributed by atoms with E-state index in [1.54, 1.807) is 18.2 Å². The molecule has 0 saturated carbocycles. The third kappa shape index (κ3) is 6.57. The number of benzene rings is 2. The summed E-state index contributed by atoms with van der Waals surface area (Å²) in [6.07, 6.45) is 1.83. The van der Waals surface area contributed by atoms with E-state index >= 15 is 0 Å². The standard InChI is InChI=1S/C24H28ClN3O4S/c1-17-5-7-21-23(27-17)3-2-4-24(21)31-14-13-28-11-9-19(10-12-28)32-20-6-8-22(25)18(15-20)16-33(26,29)30/h2-8,15,19H,9-14,16H2,1H3,(H2,26,29,30). The largest absolute Gasteiger partial charge is 0.492 e. The van der Waals surface area contributed by atoms with Gasteiger partial charge in [-0.3, -0.25) is 9.88 Å². The highest BCUT2D eigenvalue weighted by Gasteiger charge is 2.21. The van der Waals surface area contributed by atoms with Crippen molar-refractivity contribution in [3.8, 4) is 11.5 Å². The average Bonchev–Trinajstić information content (AvgIpc) is 2.76. The number of primary sulfonamides is 1. The molecule has 176 valence electrons. The second kappa shape index (κ2) is 10.3. The van der Waals surface area contributed by atoms with Crippen molar-refractivity contribution in [2.75, 3.05) is 26.2 Å². The lowest BCUT2D eigenvalue weighted by Crippen LogP contribution is -2.40. The maximum absolute atomic E-state index is 11.4. The van der Waals surface area contributed by atoms with Crippen molar-refractivity contribution in [2.24, 2.45) is 5.14 Å². The highest BCUT2D eigenvalue weighted by atomic mass is 35.5. The molecule has 0 unspecified atom stereocenters. The molecule has 33 heavy (non-hydrogen) atoms. The molecule has 4 rings (SSSR count). The summed E-state index contributed by atoms with van der Waals surface area (Å²) in [5.41, 5.74) is 2.38. The van der Waals surface area contributed by atoms with Crippen LogP contribution in [0.2, 0.25) is 5.02 Å². The molecule has 9 heteroatoms. The van der Waals surface area contributed by atoms with Crippen LogP contribution in [0.15, 0.2) is 48.5 Å². The molecule has 2 aromatic carbocycles. The number of nitrogens with zero attached hydrogens (tertiary/aromatic N) is 2. The first-order valence-corrected chi connectivity index (χ1v) is 13.0. The minimum Gasteiger partial charge on any atom is -0.492 e. The van der Waals surface area contributed by atoms with Gasteiger partial charge in [0.15, 0.2) is 0 Å². The van der Waals surface area contributed by atoms with Crippen LogP contribution in [0.3, 0.4) is 0 Å². The fourth-order valence-corrected chi connectivity index (χ4v) is 4.97. The molecule has 0 radical (unpaired) electrons. The van der Waals surface area contributed by atoms with Crippen LogP contribution >= 0.6 is 11.6 Å². The topological polar surface area (TPSA) is 94.7 Å². The normalized spacial score (nSPS) is 15.6. The summed E-state index contributed by atoms with van der Waals surface area (Å²) in [5, 5.41) is 6.54. The molecular formula is C24H28ClN3O4S. The van der Waals surface area contributed by atoms with Crippen LogP contribution in [0.1, 0.15) is 24.1 Å². The van der Waals surface area contributed by atoms with Gasteiger partial charge in [0.05, 0.1) is 11.3 Å². The smallest absolute Gasteiger partial charge is 0.213 e. The lowest BCUT2D eigenvalue weighted by Gasteiger charge is -2.32. The summed E-state index contributed by atoms with van der Waals surface area (Å²) in [6.45, 7) is 5.23. The fourth-order valence-electron chi connectivity index (χ4n) is 4.03. The van der Waals surface area contributed by atoms with Crippen LogP contribution in [-0.4, -0.2) is 50.6 Å². The number of pyridine rings is 1. The monoisotopic (exact) mass is 489 g/mol. The average molecular weight is 490 g/mol. The van der Waals surface area contributed by atoms with Crippen molar-refractivity contribution in [3.05, 3.63) is 64.8 Å². The molecule has 1 aliphatic heterocycles. The van der Waals surface area contributed by atoms with E-state index < -0.39 is 10.0 Å². The summed E-state index contributed by atoms with van der Waals surface area (Å²) < 4.78 is 35.0. The molecule has 0 bridgehead atoms. The van der Waals surface area contributed by atoms with E-state index in [-0.39, 0.29) is 11.9 Å². The van der Waals surface area contributed by atoms with Crippen LogP contribution in [0.25, 0.3) is 10.9 Å². The molecule has 7 nitrogen and oxygen atoms in total. The molecule has 1 aliphatic rings. The summed E-state index contributed by atoms with van der Waals surface area (Å²) in [4.78, 5) is 6.92. The number of fused-ring (bicyclic) bond motifs is 1. The Morgan fingerprint density at radius 2 is 1.94 bits per heavy atom. The first-order valence-electron chi connectivity index (χ1n) is 10.9. The van der Waals surface area contributed by atoms with Crippen molar-refractivity contribution in [1.82, 2.24) is 9.88 Å². The van der Waals surface area contributed by atoms with Crippen LogP contribution in [0.5, 0.6) is 11.5 Å². The van der Waals surface area contributed by atoms with Crippen molar-refractivity contribution in [1.29, 1.82) is 0 Å². The van der Waals surface area contributed by atoms with Gasteiger partial charge < -0.3 is 9.47 Å². The van der Waals surface area contributed by atoms with Crippen LogP contribution in [-0.2, 0) is 15.8 Å². The van der Waals surface area contributed by atoms with Crippen LogP contribution in [0, 0.1) is 6.92 Å². The second-order valence-electron chi connectivity index (χ2n) is 8.34. The van der Waals surface area contributed by atoms with E-state index in [0.29, 0.717) is 22.9 Å². The highest BCUT2D eigenvalue weighted by Crippen LogP contribution is 2.27. The summed E-state index contributed by atoms with van der Waals surface area (Å²) in [6, 6.07) is 15.1. The lowest BCUT2D eigenvalue weighted by molar-refractivity contribution is 0.0917. The number of rotatable bonds is 8. The molecule has 0 spiro atoms. The SMILES string of the molecule is Cc1ccc2c(OCCN3CCC(Oc4ccc(Cl)c(CS(N)(=O)=O)c4)CC3)cccc2n1. The second-order valence-corrected chi connectivity index (χ2v) is 10.4. The van der Waals surface area contributed by atoms with Gasteiger partial charge in [-0.05, 0) is 67.8 Å². The number of halogens is 1. The van der Waals surface area contributed by atoms with E-state index in [0.717, 1.165) is 54.8 Å². The number of hydrogen-bond donors (Lipinski definition) is 1. The Morgan fingerprint density at radius 1 is 1.15 bits per heavy atom. The molecular weight excluding hydrogens is 462 g/mol. The predicted octanol–water partition coefficient (Wildman–Crippen LogP) is 3.91. The van der Waals surface area contributed by atoms with Gasteiger partial charge in [0, 0.05) is 35.7 Å². The Bertz CT molecular complexity index is 1230. The number of sulfonamides is 1. The molecule has 1 fully saturated rings. The number of aryl methyl sites for hydroxylation is 1. The van der Waals surface area contributed by atoms with E-state index in [1.165, 1.54) is 0 Å². The minimum atomic E-state index is -3.66. The zero-order chi connectivity index (χ0) is 23.4. The van der Waals surface area contributed by atoms with Gasteiger partial charge >= 0.3 is 0 Å². The molecule has 3 aromatic rings. The third-order valence-corrected chi connectivity index (χ3v) is 6.79. The van der Waals surface area contributed by atoms with E-state index in [2.05, 4.69) is 16.0 Å². The molecule has 1 saturated heterocycles. The fraction of sp³-hybridized carbons (Fsp3) is 0.375. The van der Waals surface area contributed by atoms with E-state index in [4.69, 9.17) is 26.2 Å². The number of piperidine rings is 1. The number of aromatic nitrogens is 1. The Balaban J connectivity index is 1.26. The molecule has 2 heterocycles. The number of ether oxygens (including phenoxy) is 2. The zero-order valence-corrected chi connectivity index (χ0v) is 20.1. The van der Waals surface area contributed by atoms with Gasteiger partial charge in [-0.15, -0.1) is 0 Å². The van der Waals surface area contributed by atoms with Crippen LogP contribution in [0.4, 0.5) is 0 Å². The summed E-state index contributed by atoms with van der Waals surface area (Å²) in [5.74, 6) is 1.16. The molecule has 0 atom stereocenters. The van der Waals surface area contributed by atoms with Crippen molar-refractivity contribution in [3.63, 3.8) is 0 Å². The van der Waals surface area contributed by atoms with Gasteiger partial charge in [-0.1, -0.05) is 17.7 Å². The Hall–Kier alpha value is -2.39. The molecule has 0 amide bonds. The quantitative estimate of drug-likeness (QED) is 0.515. The number of hydrogen-bond acceptors (Lipinski definition) is 6. The van der Waals surface area contributed by atoms with Gasteiger partial charge in [0.25, 0.3) is 0 Å². The summed E-state index contributed by atoms with van der Waals surface area (Å²) in [7, 11) is -3.66. The van der Waals surface area contributed by atoms with Gasteiger partial charge in [0.2, 0.25) is 10.0 Å². The minimum absolute atomic E-state index is 0.0676. The van der Waals surface area contributed by atoms with E-state index in [9.17, 15) is 8.42 Å². The Morgan fingerprint density at radius 3 is 2.70 bits per heavy atom. The Kier molecular flexibility index (Phi) is 7.38. The number of nitrogens with two attached hydrogens (primary N) is 1. The Labute approximate surface area is 199 Å². The highest BCUT2D eigenvalue weighted by molar-refractivity contribution is 7.88. The predicted molar refractivity (Wildman–Crippen MR) is 130 cm³/mol. The molecule has 2 N–H and O–H groups in total. The van der Waals surface area contributed by atoms with Gasteiger partial charge in [-0.2, -0.15) is 0 Å². The summed E-state index contributed by atoms with van der Waals surface area (Å²) >= 11 is 6.10. The van der Waals surface area contributed by atoms with Gasteiger partial charge in [0.1, 0.15) is 24.2 Å². The van der Waals surface area contributed by atoms with Crippen LogP contribution < -0.4 is 14.6 Å². The first kappa shape index (κ1) is 23.8. The van der Waals surface area contributed by atoms with Crippen molar-refractivity contribution < 1.29 is 17.9 Å². The van der Waals surface area contributed by atoms with E-state index in [1.807, 2.05) is 31.2 Å². The third-order valence-electron chi connectivity index (χ3n) is 5.71. The molecule has 1 aromatic heterocycles. The number of likely N-dealkylation sites (tertiary alicyclic amines) is 1. The zero-order valence-electron chi connectivity index (χ0n) is 18.5. The lowest BCUT2D eigenvalue weighted by atomic mass is 10.1. The maximum atomic E-state index is 11.4. The maximum Gasteiger partial charge on any atom is 0.213 e. The van der Waals surface area contributed by atoms with Gasteiger partial charge in [-0.25, -0.2) is 13.6 Å². The first-order chi connectivity index (χ1) is 15.8. The molecule has 0 aliphatic carbocycles. The van der Waals surface area contributed by atoms with Crippen molar-refractivity contribution >= 4 is 32.5 Å².